The molecule has 0 bridgehead atoms. The van der Waals surface area contributed by atoms with Gasteiger partial charge in [-0.15, -0.1) is 0 Å². The number of carboxylic acid groups (broad SMARTS) is 1. The first kappa shape index (κ1) is 23.3. The van der Waals surface area contributed by atoms with Crippen LogP contribution in [0.25, 0.3) is 6.08 Å². The Bertz CT molecular complexity index is 903. The van der Waals surface area contributed by atoms with E-state index in [2.05, 4.69) is 5.32 Å². The monoisotopic (exact) mass is 465 g/mol. The summed E-state index contributed by atoms with van der Waals surface area (Å²) in [7, 11) is 0. The Kier molecular flexibility index (Phi) is 8.15. The van der Waals surface area contributed by atoms with E-state index >= 15 is 0 Å². The van der Waals surface area contributed by atoms with E-state index in [4.69, 9.17) is 21.4 Å². The molecule has 0 unspecified atom stereocenters. The second-order valence-corrected chi connectivity index (χ2v) is 9.13. The van der Waals surface area contributed by atoms with Gasteiger partial charge in [-0.05, 0) is 55.2 Å². The van der Waals surface area contributed by atoms with Gasteiger partial charge in [0, 0.05) is 0 Å². The van der Waals surface area contributed by atoms with Crippen molar-refractivity contribution in [2.45, 2.75) is 51.4 Å². The molecule has 3 fully saturated rings. The molecule has 1 heterocycles. The van der Waals surface area contributed by atoms with E-state index in [-0.39, 0.29) is 33.5 Å². The molecule has 4 rings (SSSR count). The van der Waals surface area contributed by atoms with Gasteiger partial charge in [0.2, 0.25) is 0 Å². The maximum Gasteiger partial charge on any atom is 0.314 e. The first-order valence-electron chi connectivity index (χ1n) is 10.3. The number of carboxylic acids is 1. The molecule has 0 spiro atoms. The second-order valence-electron chi connectivity index (χ2n) is 7.73. The van der Waals surface area contributed by atoms with Gasteiger partial charge in [-0.2, -0.15) is 0 Å². The van der Waals surface area contributed by atoms with Crippen LogP contribution in [0.4, 0.5) is 4.79 Å². The zero-order chi connectivity index (χ0) is 22.4. The molecule has 2 saturated carbocycles. The third kappa shape index (κ3) is 6.33. The number of carbonyl (C=O) groups is 4. The van der Waals surface area contributed by atoms with Crippen LogP contribution in [0.1, 0.15) is 56.9 Å². The van der Waals surface area contributed by atoms with E-state index in [9.17, 15) is 19.2 Å². The lowest BCUT2D eigenvalue weighted by Gasteiger charge is -2.11. The smallest absolute Gasteiger partial charge is 0.314 e. The number of hydrogen-bond acceptors (Lipinski definition) is 6. The highest BCUT2D eigenvalue weighted by molar-refractivity contribution is 8.18. The molecule has 31 heavy (non-hydrogen) atoms. The lowest BCUT2D eigenvalue weighted by atomic mass is 10.1. The third-order valence-corrected chi connectivity index (χ3v) is 6.74. The summed E-state index contributed by atoms with van der Waals surface area (Å²) in [6, 6.07) is 5.00. The van der Waals surface area contributed by atoms with Gasteiger partial charge in [0.15, 0.2) is 0 Å². The molecule has 0 atom stereocenters. The fourth-order valence-corrected chi connectivity index (χ4v) is 4.70. The fraction of sp³-hybridized carbons (Fsp3) is 0.455. The SMILES string of the molecule is O=C(O)C1CCCC1.O=C1NC(=O)/C(=C/c2cccc(OC(=O)C3CCCC3)c2Cl)S1. The van der Waals surface area contributed by atoms with Gasteiger partial charge in [-0.1, -0.05) is 49.4 Å². The quantitative estimate of drug-likeness (QED) is 0.365. The van der Waals surface area contributed by atoms with Crippen LogP contribution in [0.15, 0.2) is 23.1 Å². The molecule has 2 aliphatic carbocycles. The topological polar surface area (TPSA) is 110 Å². The predicted octanol–water partition coefficient (Wildman–Crippen LogP) is 5.02. The number of hydrogen-bond donors (Lipinski definition) is 2. The summed E-state index contributed by atoms with van der Waals surface area (Å²) in [6.45, 7) is 0. The van der Waals surface area contributed by atoms with Crippen molar-refractivity contribution < 1.29 is 29.0 Å². The van der Waals surface area contributed by atoms with Crippen molar-refractivity contribution in [2.24, 2.45) is 11.8 Å². The van der Waals surface area contributed by atoms with Crippen molar-refractivity contribution >= 4 is 52.5 Å². The molecule has 1 aromatic carbocycles. The summed E-state index contributed by atoms with van der Waals surface area (Å²) in [6.07, 6.45) is 9.30. The van der Waals surface area contributed by atoms with Gasteiger partial charge in [-0.25, -0.2) is 0 Å². The molecular formula is C22H24ClNO6S. The van der Waals surface area contributed by atoms with Crippen molar-refractivity contribution in [3.8, 4) is 5.75 Å². The number of benzene rings is 1. The number of imide groups is 1. The predicted molar refractivity (Wildman–Crippen MR) is 118 cm³/mol. The van der Waals surface area contributed by atoms with E-state index in [1.54, 1.807) is 18.2 Å². The van der Waals surface area contributed by atoms with Gasteiger partial charge in [-0.3, -0.25) is 24.5 Å². The zero-order valence-corrected chi connectivity index (χ0v) is 18.5. The van der Waals surface area contributed by atoms with Crippen molar-refractivity contribution in [2.75, 3.05) is 0 Å². The molecule has 0 aromatic heterocycles. The van der Waals surface area contributed by atoms with Crippen molar-refractivity contribution in [1.82, 2.24) is 5.32 Å². The van der Waals surface area contributed by atoms with E-state index < -0.39 is 17.1 Å². The minimum absolute atomic E-state index is 0.0185. The lowest BCUT2D eigenvalue weighted by molar-refractivity contribution is -0.141. The Morgan fingerprint density at radius 3 is 2.19 bits per heavy atom. The number of rotatable bonds is 4. The van der Waals surface area contributed by atoms with Gasteiger partial charge >= 0.3 is 11.9 Å². The van der Waals surface area contributed by atoms with Crippen molar-refractivity contribution in [3.05, 3.63) is 33.7 Å². The summed E-state index contributed by atoms with van der Waals surface area (Å²) in [5.74, 6) is -1.14. The summed E-state index contributed by atoms with van der Waals surface area (Å²) in [4.78, 5) is 45.3. The molecule has 9 heteroatoms. The Labute approximate surface area is 189 Å². The van der Waals surface area contributed by atoms with E-state index in [1.807, 2.05) is 0 Å². The fourth-order valence-electron chi connectivity index (χ4n) is 3.81. The number of aliphatic carboxylic acids is 1. The van der Waals surface area contributed by atoms with Gasteiger partial charge in [0.1, 0.15) is 5.75 Å². The first-order valence-corrected chi connectivity index (χ1v) is 11.5. The summed E-state index contributed by atoms with van der Waals surface area (Å²) < 4.78 is 5.41. The second kappa shape index (κ2) is 10.8. The third-order valence-electron chi connectivity index (χ3n) is 5.53. The largest absolute Gasteiger partial charge is 0.481 e. The Balaban J connectivity index is 0.000000287. The molecule has 0 radical (unpaired) electrons. The van der Waals surface area contributed by atoms with Gasteiger partial charge in [0.25, 0.3) is 11.1 Å². The zero-order valence-electron chi connectivity index (χ0n) is 16.9. The minimum atomic E-state index is -0.609. The highest BCUT2D eigenvalue weighted by atomic mass is 35.5. The first-order chi connectivity index (χ1) is 14.8. The highest BCUT2D eigenvalue weighted by Crippen LogP contribution is 2.34. The lowest BCUT2D eigenvalue weighted by Crippen LogP contribution is -2.18. The normalized spacial score (nSPS) is 20.5. The van der Waals surface area contributed by atoms with Crippen molar-refractivity contribution in [1.29, 1.82) is 0 Å². The van der Waals surface area contributed by atoms with Crippen LogP contribution in [-0.4, -0.2) is 28.2 Å². The number of amides is 2. The van der Waals surface area contributed by atoms with Crippen LogP contribution in [0.3, 0.4) is 0 Å². The van der Waals surface area contributed by atoms with Crippen LogP contribution in [0, 0.1) is 11.8 Å². The van der Waals surface area contributed by atoms with E-state index in [0.29, 0.717) is 5.56 Å². The van der Waals surface area contributed by atoms with Gasteiger partial charge in [0.05, 0.1) is 21.8 Å². The number of halogens is 1. The molecule has 3 aliphatic rings. The molecule has 2 amide bonds. The number of ether oxygens (including phenoxy) is 1. The van der Waals surface area contributed by atoms with Crippen LogP contribution >= 0.6 is 23.4 Å². The molecule has 1 saturated heterocycles. The summed E-state index contributed by atoms with van der Waals surface area (Å²) in [5, 5.41) is 10.4. The number of carbonyl (C=O) groups excluding carboxylic acids is 3. The van der Waals surface area contributed by atoms with Crippen LogP contribution in [0.2, 0.25) is 5.02 Å². The number of nitrogens with one attached hydrogen (secondary N) is 1. The number of thioether (sulfide) groups is 1. The molecular weight excluding hydrogens is 442 g/mol. The number of esters is 1. The molecule has 166 valence electrons. The summed E-state index contributed by atoms with van der Waals surface area (Å²) in [5.41, 5.74) is 0.524. The molecule has 7 nitrogen and oxygen atoms in total. The van der Waals surface area contributed by atoms with Crippen molar-refractivity contribution in [3.63, 3.8) is 0 Å². The van der Waals surface area contributed by atoms with E-state index in [1.165, 1.54) is 6.08 Å². The molecule has 1 aromatic rings. The molecule has 1 aliphatic heterocycles. The van der Waals surface area contributed by atoms with Crippen LogP contribution in [0.5, 0.6) is 5.75 Å². The summed E-state index contributed by atoms with van der Waals surface area (Å²) >= 11 is 7.09. The standard InChI is InChI=1S/C16H14ClNO4S.C6H10O2/c17-13-10(8-12-14(19)18-16(21)23-12)6-3-7-11(13)22-15(20)9-4-1-2-5-9;7-6(8)5-3-1-2-4-5/h3,6-9H,1-2,4-5H2,(H,18,19,21);5H,1-4H2,(H,7,8)/b12-8-;. The maximum atomic E-state index is 12.1. The van der Waals surface area contributed by atoms with Crippen LogP contribution < -0.4 is 10.1 Å². The van der Waals surface area contributed by atoms with Crippen LogP contribution in [-0.2, 0) is 14.4 Å². The van der Waals surface area contributed by atoms with E-state index in [0.717, 1.165) is 63.1 Å². The Morgan fingerprint density at radius 2 is 1.68 bits per heavy atom. The average Bonchev–Trinajstić information content (AvgIpc) is 3.48. The highest BCUT2D eigenvalue weighted by Gasteiger charge is 2.27. The minimum Gasteiger partial charge on any atom is -0.481 e. The Morgan fingerprint density at radius 1 is 1.06 bits per heavy atom. The maximum absolute atomic E-state index is 12.1. The van der Waals surface area contributed by atoms with Gasteiger partial charge < -0.3 is 9.84 Å². The Hall–Kier alpha value is -2.32. The molecule has 2 N–H and O–H groups in total. The average molecular weight is 466 g/mol.